The van der Waals surface area contributed by atoms with Crippen LogP contribution in [0.1, 0.15) is 18.4 Å². The third kappa shape index (κ3) is 3.71. The molecule has 4 rings (SSSR count). The lowest BCUT2D eigenvalue weighted by atomic mass is 9.90. The normalized spacial score (nSPS) is 24.2. The highest BCUT2D eigenvalue weighted by atomic mass is 16.5. The minimum atomic E-state index is -0.0708. The molecular weight excluding hydrogens is 328 g/mol. The highest BCUT2D eigenvalue weighted by Gasteiger charge is 2.40. The number of ether oxygens (including phenoxy) is 2. The molecule has 2 saturated heterocycles. The van der Waals surface area contributed by atoms with Gasteiger partial charge < -0.3 is 14.4 Å². The van der Waals surface area contributed by atoms with E-state index in [-0.39, 0.29) is 5.60 Å². The second-order valence-electron chi connectivity index (χ2n) is 7.49. The molecule has 1 unspecified atom stereocenters. The first-order chi connectivity index (χ1) is 12.7. The van der Waals surface area contributed by atoms with Crippen LogP contribution in [0.4, 0.5) is 5.69 Å². The van der Waals surface area contributed by atoms with Gasteiger partial charge in [-0.15, -0.1) is 0 Å². The van der Waals surface area contributed by atoms with Crippen molar-refractivity contribution in [2.24, 2.45) is 7.05 Å². The van der Waals surface area contributed by atoms with Crippen molar-refractivity contribution in [2.45, 2.75) is 25.0 Å². The van der Waals surface area contributed by atoms with Crippen LogP contribution in [0.5, 0.6) is 5.75 Å². The van der Waals surface area contributed by atoms with Crippen molar-refractivity contribution in [1.29, 1.82) is 0 Å². The Hall–Kier alpha value is -2.05. The first-order valence-electron chi connectivity index (χ1n) is 9.39. The number of methoxy groups -OCH3 is 1. The lowest BCUT2D eigenvalue weighted by Crippen LogP contribution is -2.59. The summed E-state index contributed by atoms with van der Waals surface area (Å²) in [5.74, 6) is 0.900. The minimum absolute atomic E-state index is 0.0708. The first kappa shape index (κ1) is 17.4. The lowest BCUT2D eigenvalue weighted by Gasteiger charge is -2.48. The van der Waals surface area contributed by atoms with E-state index in [0.717, 1.165) is 57.9 Å². The van der Waals surface area contributed by atoms with Gasteiger partial charge in [-0.1, -0.05) is 0 Å². The van der Waals surface area contributed by atoms with Crippen LogP contribution in [0, 0.1) is 0 Å². The van der Waals surface area contributed by atoms with Crippen molar-refractivity contribution in [3.63, 3.8) is 0 Å². The molecule has 1 aromatic heterocycles. The van der Waals surface area contributed by atoms with Crippen LogP contribution in [0.15, 0.2) is 36.7 Å². The van der Waals surface area contributed by atoms with E-state index in [9.17, 15) is 0 Å². The number of piperidine rings is 1. The van der Waals surface area contributed by atoms with Crippen LogP contribution in [0.3, 0.4) is 0 Å². The molecule has 140 valence electrons. The van der Waals surface area contributed by atoms with Gasteiger partial charge in [0.2, 0.25) is 0 Å². The molecule has 0 saturated carbocycles. The molecule has 0 N–H and O–H groups in total. The summed E-state index contributed by atoms with van der Waals surface area (Å²) in [5, 5.41) is 4.29. The molecule has 2 aliphatic rings. The van der Waals surface area contributed by atoms with Crippen LogP contribution in [-0.4, -0.2) is 60.2 Å². The molecule has 6 heteroatoms. The lowest BCUT2D eigenvalue weighted by molar-refractivity contribution is -0.116. The third-order valence-electron chi connectivity index (χ3n) is 5.47. The Bertz CT molecular complexity index is 726. The third-order valence-corrected chi connectivity index (χ3v) is 5.47. The fraction of sp³-hybridized carbons (Fsp3) is 0.550. The summed E-state index contributed by atoms with van der Waals surface area (Å²) in [7, 11) is 3.68. The fourth-order valence-electron chi connectivity index (χ4n) is 4.23. The number of aryl methyl sites for hydroxylation is 1. The van der Waals surface area contributed by atoms with Gasteiger partial charge in [0.05, 0.1) is 25.5 Å². The van der Waals surface area contributed by atoms with Crippen molar-refractivity contribution >= 4 is 5.69 Å². The van der Waals surface area contributed by atoms with E-state index in [1.54, 1.807) is 7.11 Å². The van der Waals surface area contributed by atoms with E-state index in [0.29, 0.717) is 0 Å². The Kier molecular flexibility index (Phi) is 4.87. The maximum absolute atomic E-state index is 6.35. The Morgan fingerprint density at radius 1 is 1.19 bits per heavy atom. The summed E-state index contributed by atoms with van der Waals surface area (Å²) >= 11 is 0. The monoisotopic (exact) mass is 356 g/mol. The average Bonchev–Trinajstić information content (AvgIpc) is 3.06. The van der Waals surface area contributed by atoms with Crippen LogP contribution in [0.2, 0.25) is 0 Å². The SMILES string of the molecule is COc1ccc(N2CCCC3(CN(Cc4cnn(C)c4)CCO3)C2)cc1. The zero-order valence-corrected chi connectivity index (χ0v) is 15.7. The van der Waals surface area contributed by atoms with E-state index in [4.69, 9.17) is 9.47 Å². The van der Waals surface area contributed by atoms with E-state index in [2.05, 4.69) is 33.2 Å². The molecule has 0 radical (unpaired) electrons. The van der Waals surface area contributed by atoms with Crippen molar-refractivity contribution in [1.82, 2.24) is 14.7 Å². The standard InChI is InChI=1S/C20H28N4O2/c1-22-13-17(12-21-22)14-23-10-11-26-20(15-23)8-3-9-24(16-20)18-4-6-19(25-2)7-5-18/h4-7,12-13H,3,8-11,14-16H2,1-2H3. The maximum atomic E-state index is 6.35. The van der Waals surface area contributed by atoms with Crippen molar-refractivity contribution < 1.29 is 9.47 Å². The maximum Gasteiger partial charge on any atom is 0.119 e. The Morgan fingerprint density at radius 2 is 2.04 bits per heavy atom. The Morgan fingerprint density at radius 3 is 2.77 bits per heavy atom. The predicted octanol–water partition coefficient (Wildman–Crippen LogP) is 2.30. The summed E-state index contributed by atoms with van der Waals surface area (Å²) < 4.78 is 13.5. The molecule has 0 aliphatic carbocycles. The zero-order chi connectivity index (χ0) is 18.0. The number of rotatable bonds is 4. The molecule has 1 atom stereocenters. The number of morpholine rings is 1. The zero-order valence-electron chi connectivity index (χ0n) is 15.7. The fourth-order valence-corrected chi connectivity index (χ4v) is 4.23. The number of nitrogens with zero attached hydrogens (tertiary/aromatic N) is 4. The van der Waals surface area contributed by atoms with Gasteiger partial charge >= 0.3 is 0 Å². The molecule has 0 amide bonds. The molecule has 6 nitrogen and oxygen atoms in total. The molecule has 2 aliphatic heterocycles. The van der Waals surface area contributed by atoms with Crippen LogP contribution in [0.25, 0.3) is 0 Å². The summed E-state index contributed by atoms with van der Waals surface area (Å²) in [6.07, 6.45) is 6.36. The summed E-state index contributed by atoms with van der Waals surface area (Å²) in [6.45, 7) is 5.74. The minimum Gasteiger partial charge on any atom is -0.497 e. The van der Waals surface area contributed by atoms with E-state index < -0.39 is 0 Å². The van der Waals surface area contributed by atoms with Gasteiger partial charge in [-0.05, 0) is 37.1 Å². The van der Waals surface area contributed by atoms with Crippen LogP contribution >= 0.6 is 0 Å². The van der Waals surface area contributed by atoms with E-state index in [1.807, 2.05) is 30.1 Å². The average molecular weight is 356 g/mol. The molecule has 2 aromatic rings. The molecule has 0 bridgehead atoms. The largest absolute Gasteiger partial charge is 0.497 e. The van der Waals surface area contributed by atoms with Gasteiger partial charge in [0.15, 0.2) is 0 Å². The van der Waals surface area contributed by atoms with Crippen molar-refractivity contribution in [3.8, 4) is 5.75 Å². The van der Waals surface area contributed by atoms with Crippen LogP contribution < -0.4 is 9.64 Å². The molecule has 2 fully saturated rings. The second kappa shape index (κ2) is 7.29. The predicted molar refractivity (Wildman–Crippen MR) is 102 cm³/mol. The summed E-state index contributed by atoms with van der Waals surface area (Å²) in [6, 6.07) is 8.36. The smallest absolute Gasteiger partial charge is 0.119 e. The molecule has 1 spiro atoms. The number of benzene rings is 1. The van der Waals surface area contributed by atoms with Gasteiger partial charge in [-0.3, -0.25) is 9.58 Å². The summed E-state index contributed by atoms with van der Waals surface area (Å²) in [5.41, 5.74) is 2.45. The number of hydrogen-bond acceptors (Lipinski definition) is 5. The van der Waals surface area contributed by atoms with Gasteiger partial charge in [-0.25, -0.2) is 0 Å². The molecule has 3 heterocycles. The van der Waals surface area contributed by atoms with Gasteiger partial charge in [0.25, 0.3) is 0 Å². The Balaban J connectivity index is 1.44. The topological polar surface area (TPSA) is 42.8 Å². The van der Waals surface area contributed by atoms with Crippen molar-refractivity contribution in [3.05, 3.63) is 42.2 Å². The van der Waals surface area contributed by atoms with Gasteiger partial charge in [0.1, 0.15) is 5.75 Å². The first-order valence-corrected chi connectivity index (χ1v) is 9.39. The number of hydrogen-bond donors (Lipinski definition) is 0. The van der Waals surface area contributed by atoms with Crippen LogP contribution in [-0.2, 0) is 18.3 Å². The second-order valence-corrected chi connectivity index (χ2v) is 7.49. The van der Waals surface area contributed by atoms with Gasteiger partial charge in [0, 0.05) is 57.2 Å². The number of anilines is 1. The molecular formula is C20H28N4O2. The highest BCUT2D eigenvalue weighted by Crippen LogP contribution is 2.32. The van der Waals surface area contributed by atoms with E-state index >= 15 is 0 Å². The molecule has 26 heavy (non-hydrogen) atoms. The molecule has 1 aromatic carbocycles. The quantitative estimate of drug-likeness (QED) is 0.841. The number of aromatic nitrogens is 2. The Labute approximate surface area is 155 Å². The van der Waals surface area contributed by atoms with Crippen molar-refractivity contribution in [2.75, 3.05) is 44.8 Å². The summed E-state index contributed by atoms with van der Waals surface area (Å²) in [4.78, 5) is 4.97. The van der Waals surface area contributed by atoms with Gasteiger partial charge in [-0.2, -0.15) is 5.10 Å². The van der Waals surface area contributed by atoms with E-state index in [1.165, 1.54) is 11.3 Å². The highest BCUT2D eigenvalue weighted by molar-refractivity contribution is 5.50.